The Morgan fingerprint density at radius 3 is 2.81 bits per heavy atom. The van der Waals surface area contributed by atoms with Crippen LogP contribution in [0.5, 0.6) is 17.2 Å². The molecule has 110 valence electrons. The number of methoxy groups -OCH3 is 1. The first-order chi connectivity index (χ1) is 10.2. The topological polar surface area (TPSA) is 39.7 Å². The minimum absolute atomic E-state index is 0.200. The number of fused-ring (bicyclic) bond motifs is 1. The molecule has 1 aliphatic rings. The molecule has 1 N–H and O–H groups in total. The van der Waals surface area contributed by atoms with E-state index >= 15 is 0 Å². The fourth-order valence-corrected chi connectivity index (χ4v) is 2.33. The molecule has 0 amide bonds. The van der Waals surface area contributed by atoms with E-state index in [2.05, 4.69) is 5.32 Å². The number of hydrogen-bond acceptors (Lipinski definition) is 4. The molecule has 2 aromatic rings. The van der Waals surface area contributed by atoms with E-state index in [0.29, 0.717) is 23.8 Å². The summed E-state index contributed by atoms with van der Waals surface area (Å²) in [5, 5.41) is 3.19. The van der Waals surface area contributed by atoms with Gasteiger partial charge in [-0.2, -0.15) is 0 Å². The van der Waals surface area contributed by atoms with E-state index in [9.17, 15) is 4.39 Å². The third-order valence-electron chi connectivity index (χ3n) is 3.26. The van der Waals surface area contributed by atoms with Gasteiger partial charge in [-0.3, -0.25) is 0 Å². The number of aryl methyl sites for hydroxylation is 1. The van der Waals surface area contributed by atoms with Gasteiger partial charge >= 0.3 is 0 Å². The van der Waals surface area contributed by atoms with Gasteiger partial charge in [-0.15, -0.1) is 0 Å². The summed E-state index contributed by atoms with van der Waals surface area (Å²) in [6.45, 7) is 2.60. The first kappa shape index (κ1) is 13.5. The zero-order valence-corrected chi connectivity index (χ0v) is 11.9. The van der Waals surface area contributed by atoms with Gasteiger partial charge in [-0.05, 0) is 48.4 Å². The van der Waals surface area contributed by atoms with Crippen molar-refractivity contribution in [2.24, 2.45) is 0 Å². The highest BCUT2D eigenvalue weighted by atomic mass is 19.1. The molecule has 21 heavy (non-hydrogen) atoms. The number of benzene rings is 2. The van der Waals surface area contributed by atoms with Crippen LogP contribution in [-0.2, 0) is 6.54 Å². The van der Waals surface area contributed by atoms with Crippen molar-refractivity contribution in [1.29, 1.82) is 0 Å². The Balaban J connectivity index is 1.79. The lowest BCUT2D eigenvalue weighted by Gasteiger charge is -2.11. The monoisotopic (exact) mass is 289 g/mol. The first-order valence-corrected chi connectivity index (χ1v) is 6.63. The number of halogens is 1. The summed E-state index contributed by atoms with van der Waals surface area (Å²) in [5.41, 5.74) is 2.59. The van der Waals surface area contributed by atoms with Crippen LogP contribution in [0.3, 0.4) is 0 Å². The van der Waals surface area contributed by atoms with Gasteiger partial charge in [0.15, 0.2) is 11.5 Å². The van der Waals surface area contributed by atoms with Crippen molar-refractivity contribution in [2.45, 2.75) is 13.5 Å². The van der Waals surface area contributed by atoms with Crippen molar-refractivity contribution >= 4 is 5.69 Å². The highest BCUT2D eigenvalue weighted by Gasteiger charge is 2.19. The van der Waals surface area contributed by atoms with Crippen molar-refractivity contribution in [3.05, 3.63) is 47.3 Å². The van der Waals surface area contributed by atoms with Gasteiger partial charge in [0.1, 0.15) is 5.82 Å². The second kappa shape index (κ2) is 5.52. The van der Waals surface area contributed by atoms with Crippen LogP contribution in [0.1, 0.15) is 11.1 Å². The van der Waals surface area contributed by atoms with Crippen molar-refractivity contribution in [3.63, 3.8) is 0 Å². The maximum absolute atomic E-state index is 13.4. The molecule has 3 rings (SSSR count). The second-order valence-corrected chi connectivity index (χ2v) is 4.90. The Labute approximate surface area is 122 Å². The maximum atomic E-state index is 13.4. The fourth-order valence-electron chi connectivity index (χ4n) is 2.33. The summed E-state index contributed by atoms with van der Waals surface area (Å²) in [7, 11) is 1.59. The Morgan fingerprint density at radius 2 is 2.05 bits per heavy atom. The largest absolute Gasteiger partial charge is 0.493 e. The summed E-state index contributed by atoms with van der Waals surface area (Å²) < 4.78 is 29.4. The summed E-state index contributed by atoms with van der Waals surface area (Å²) in [4.78, 5) is 0. The molecule has 0 fully saturated rings. The Bertz CT molecular complexity index is 653. The van der Waals surface area contributed by atoms with Crippen LogP contribution >= 0.6 is 0 Å². The zero-order chi connectivity index (χ0) is 14.8. The average Bonchev–Trinajstić information content (AvgIpc) is 2.91. The van der Waals surface area contributed by atoms with Crippen LogP contribution in [0.4, 0.5) is 10.1 Å². The molecule has 1 aliphatic heterocycles. The third kappa shape index (κ3) is 2.86. The van der Waals surface area contributed by atoms with E-state index in [1.807, 2.05) is 25.1 Å². The van der Waals surface area contributed by atoms with Gasteiger partial charge < -0.3 is 19.5 Å². The van der Waals surface area contributed by atoms with Gasteiger partial charge in [0.05, 0.1) is 7.11 Å². The molecule has 0 aromatic heterocycles. The van der Waals surface area contributed by atoms with Crippen LogP contribution in [0.15, 0.2) is 30.3 Å². The minimum Gasteiger partial charge on any atom is -0.493 e. The molecule has 0 aliphatic carbocycles. The number of hydrogen-bond donors (Lipinski definition) is 1. The van der Waals surface area contributed by atoms with E-state index in [0.717, 1.165) is 16.8 Å². The lowest BCUT2D eigenvalue weighted by Crippen LogP contribution is -2.01. The second-order valence-electron chi connectivity index (χ2n) is 4.90. The smallest absolute Gasteiger partial charge is 0.231 e. The van der Waals surface area contributed by atoms with Gasteiger partial charge in [-0.1, -0.05) is 0 Å². The molecule has 4 nitrogen and oxygen atoms in total. The van der Waals surface area contributed by atoms with E-state index in [1.54, 1.807) is 7.11 Å². The summed E-state index contributed by atoms with van der Waals surface area (Å²) in [6.07, 6.45) is 0. The van der Waals surface area contributed by atoms with Crippen molar-refractivity contribution in [2.75, 3.05) is 19.2 Å². The predicted molar refractivity (Wildman–Crippen MR) is 77.6 cm³/mol. The van der Waals surface area contributed by atoms with E-state index < -0.39 is 0 Å². The molecule has 0 spiro atoms. The van der Waals surface area contributed by atoms with E-state index in [4.69, 9.17) is 14.2 Å². The Kier molecular flexibility index (Phi) is 3.56. The van der Waals surface area contributed by atoms with Crippen LogP contribution in [-0.4, -0.2) is 13.9 Å². The maximum Gasteiger partial charge on any atom is 0.231 e. The number of anilines is 1. The van der Waals surface area contributed by atoms with Gasteiger partial charge in [0.25, 0.3) is 0 Å². The lowest BCUT2D eigenvalue weighted by molar-refractivity contribution is 0.171. The molecule has 2 aromatic carbocycles. The molecular formula is C16H16FNO3. The highest BCUT2D eigenvalue weighted by molar-refractivity contribution is 5.56. The van der Waals surface area contributed by atoms with Gasteiger partial charge in [-0.25, -0.2) is 4.39 Å². The molecule has 5 heteroatoms. The van der Waals surface area contributed by atoms with Gasteiger partial charge in [0.2, 0.25) is 12.5 Å². The minimum atomic E-state index is -0.249. The summed E-state index contributed by atoms with van der Waals surface area (Å²) in [5.74, 6) is 1.68. The first-order valence-electron chi connectivity index (χ1n) is 6.63. The van der Waals surface area contributed by atoms with Crippen molar-refractivity contribution in [1.82, 2.24) is 0 Å². The number of rotatable bonds is 4. The van der Waals surface area contributed by atoms with Crippen LogP contribution < -0.4 is 19.5 Å². The van der Waals surface area contributed by atoms with E-state index in [1.165, 1.54) is 12.1 Å². The van der Waals surface area contributed by atoms with E-state index in [-0.39, 0.29) is 12.6 Å². The fraction of sp³-hybridized carbons (Fsp3) is 0.250. The lowest BCUT2D eigenvalue weighted by atomic mass is 10.1. The third-order valence-corrected chi connectivity index (χ3v) is 3.26. The van der Waals surface area contributed by atoms with Crippen LogP contribution in [0.2, 0.25) is 0 Å². The Hall–Kier alpha value is -2.43. The van der Waals surface area contributed by atoms with Crippen LogP contribution in [0.25, 0.3) is 0 Å². The highest BCUT2D eigenvalue weighted by Crippen LogP contribution is 2.41. The van der Waals surface area contributed by atoms with Gasteiger partial charge in [0, 0.05) is 12.2 Å². The zero-order valence-electron chi connectivity index (χ0n) is 11.9. The standard InChI is InChI=1S/C16H16FNO3/c1-10-3-12(17)7-13(4-10)18-8-11-5-14(19-2)16-15(6-11)20-9-21-16/h3-7,18H,8-9H2,1-2H3. The molecule has 0 radical (unpaired) electrons. The Morgan fingerprint density at radius 1 is 1.19 bits per heavy atom. The van der Waals surface area contributed by atoms with Crippen molar-refractivity contribution in [3.8, 4) is 17.2 Å². The molecular weight excluding hydrogens is 273 g/mol. The molecule has 0 unspecified atom stereocenters. The number of nitrogens with one attached hydrogen (secondary N) is 1. The molecule has 1 heterocycles. The summed E-state index contributed by atoms with van der Waals surface area (Å²) in [6, 6.07) is 8.63. The molecule has 0 bridgehead atoms. The number of ether oxygens (including phenoxy) is 3. The molecule has 0 saturated heterocycles. The SMILES string of the molecule is COc1cc(CNc2cc(C)cc(F)c2)cc2c1OCO2. The summed E-state index contributed by atoms with van der Waals surface area (Å²) >= 11 is 0. The predicted octanol–water partition coefficient (Wildman–Crippen LogP) is 3.48. The quantitative estimate of drug-likeness (QED) is 0.935. The van der Waals surface area contributed by atoms with Crippen LogP contribution in [0, 0.1) is 12.7 Å². The van der Waals surface area contributed by atoms with Crippen molar-refractivity contribution < 1.29 is 18.6 Å². The molecule has 0 atom stereocenters. The normalized spacial score (nSPS) is 12.3. The average molecular weight is 289 g/mol. The molecule has 0 saturated carbocycles.